The zero-order valence-corrected chi connectivity index (χ0v) is 15.0. The normalized spacial score (nSPS) is 19.4. The topological polar surface area (TPSA) is 59.6 Å². The van der Waals surface area contributed by atoms with Crippen molar-refractivity contribution < 1.29 is 23.0 Å². The fraction of sp³-hybridized carbons (Fsp3) is 0.350. The maximum atomic E-state index is 13.6. The van der Waals surface area contributed by atoms with E-state index < -0.39 is 11.6 Å². The van der Waals surface area contributed by atoms with Gasteiger partial charge in [-0.3, -0.25) is 4.79 Å². The number of rotatable bonds is 6. The van der Waals surface area contributed by atoms with Crippen molar-refractivity contribution in [1.29, 1.82) is 0 Å². The van der Waals surface area contributed by atoms with Crippen LogP contribution in [0.2, 0.25) is 0 Å². The first-order valence-electron chi connectivity index (χ1n) is 8.79. The number of benzene rings is 2. The van der Waals surface area contributed by atoms with Gasteiger partial charge in [0.15, 0.2) is 29.7 Å². The highest BCUT2D eigenvalue weighted by atomic mass is 19.2. The summed E-state index contributed by atoms with van der Waals surface area (Å²) < 4.78 is 37.5. The molecule has 1 amide bonds. The lowest BCUT2D eigenvalue weighted by Gasteiger charge is -2.33. The zero-order chi connectivity index (χ0) is 19.2. The van der Waals surface area contributed by atoms with E-state index in [1.54, 1.807) is 24.3 Å². The molecule has 1 heterocycles. The minimum absolute atomic E-state index is 0.100. The molecule has 0 saturated carbocycles. The monoisotopic (exact) mass is 376 g/mol. The standard InChI is InChI=1S/C20H22F2N2O3/c1-26-18-4-2-3-5-19(18)27-12-20(25)24-17-11-23-9-8-14(17)13-6-7-15(21)16(22)10-13/h2-7,10,14,17,23H,8-9,11-12H2,1H3,(H,24,25). The van der Waals surface area contributed by atoms with Crippen molar-refractivity contribution in [3.63, 3.8) is 0 Å². The summed E-state index contributed by atoms with van der Waals surface area (Å²) in [7, 11) is 1.53. The van der Waals surface area contributed by atoms with Gasteiger partial charge < -0.3 is 20.1 Å². The molecule has 2 N–H and O–H groups in total. The second-order valence-corrected chi connectivity index (χ2v) is 6.39. The van der Waals surface area contributed by atoms with E-state index in [-0.39, 0.29) is 24.5 Å². The van der Waals surface area contributed by atoms with Crippen molar-refractivity contribution in [3.8, 4) is 11.5 Å². The van der Waals surface area contributed by atoms with E-state index in [4.69, 9.17) is 9.47 Å². The van der Waals surface area contributed by atoms with Crippen LogP contribution in [0.3, 0.4) is 0 Å². The summed E-state index contributed by atoms with van der Waals surface area (Å²) in [5, 5.41) is 6.14. The fourth-order valence-corrected chi connectivity index (χ4v) is 3.28. The highest BCUT2D eigenvalue weighted by Gasteiger charge is 2.28. The Morgan fingerprint density at radius 2 is 1.96 bits per heavy atom. The number of carbonyl (C=O) groups is 1. The summed E-state index contributed by atoms with van der Waals surface area (Å²) in [4.78, 5) is 12.3. The molecule has 1 aliphatic rings. The number of ether oxygens (including phenoxy) is 2. The van der Waals surface area contributed by atoms with Gasteiger partial charge in [-0.2, -0.15) is 0 Å². The molecule has 1 fully saturated rings. The molecule has 2 aromatic carbocycles. The van der Waals surface area contributed by atoms with Crippen LogP contribution < -0.4 is 20.1 Å². The Morgan fingerprint density at radius 3 is 2.70 bits per heavy atom. The first kappa shape index (κ1) is 19.1. The molecule has 144 valence electrons. The van der Waals surface area contributed by atoms with E-state index in [0.29, 0.717) is 30.0 Å². The van der Waals surface area contributed by atoms with Crippen molar-refractivity contribution in [2.45, 2.75) is 18.4 Å². The molecule has 27 heavy (non-hydrogen) atoms. The summed E-state index contributed by atoms with van der Waals surface area (Å²) in [5.41, 5.74) is 0.673. The average Bonchev–Trinajstić information content (AvgIpc) is 2.69. The van der Waals surface area contributed by atoms with Gasteiger partial charge in [0.25, 0.3) is 5.91 Å². The smallest absolute Gasteiger partial charge is 0.258 e. The van der Waals surface area contributed by atoms with Crippen LogP contribution >= 0.6 is 0 Å². The van der Waals surface area contributed by atoms with Crippen LogP contribution in [0.5, 0.6) is 11.5 Å². The van der Waals surface area contributed by atoms with Gasteiger partial charge in [-0.1, -0.05) is 18.2 Å². The van der Waals surface area contributed by atoms with E-state index >= 15 is 0 Å². The lowest BCUT2D eigenvalue weighted by Crippen LogP contribution is -2.51. The summed E-state index contributed by atoms with van der Waals surface area (Å²) in [5.74, 6) is -1.12. The van der Waals surface area contributed by atoms with Crippen molar-refractivity contribution in [2.24, 2.45) is 0 Å². The average molecular weight is 376 g/mol. The van der Waals surface area contributed by atoms with Gasteiger partial charge in [0, 0.05) is 18.5 Å². The first-order chi connectivity index (χ1) is 13.1. The fourth-order valence-electron chi connectivity index (χ4n) is 3.28. The van der Waals surface area contributed by atoms with Gasteiger partial charge >= 0.3 is 0 Å². The summed E-state index contributed by atoms with van der Waals surface area (Å²) >= 11 is 0. The maximum absolute atomic E-state index is 13.6. The van der Waals surface area contributed by atoms with Crippen molar-refractivity contribution in [2.75, 3.05) is 26.8 Å². The zero-order valence-electron chi connectivity index (χ0n) is 15.0. The van der Waals surface area contributed by atoms with E-state index in [0.717, 1.165) is 12.6 Å². The summed E-state index contributed by atoms with van der Waals surface area (Å²) in [6.07, 6.45) is 0.712. The van der Waals surface area contributed by atoms with Gasteiger partial charge in [-0.25, -0.2) is 8.78 Å². The third-order valence-corrected chi connectivity index (χ3v) is 4.63. The van der Waals surface area contributed by atoms with E-state index in [2.05, 4.69) is 10.6 Å². The molecule has 0 bridgehead atoms. The molecule has 0 aromatic heterocycles. The highest BCUT2D eigenvalue weighted by molar-refractivity contribution is 5.78. The Balaban J connectivity index is 1.63. The third-order valence-electron chi connectivity index (χ3n) is 4.63. The second kappa shape index (κ2) is 8.81. The Kier molecular flexibility index (Phi) is 6.24. The molecule has 5 nitrogen and oxygen atoms in total. The number of halogens is 2. The number of carbonyl (C=O) groups excluding carboxylic acids is 1. The molecule has 1 aliphatic heterocycles. The van der Waals surface area contributed by atoms with E-state index in [1.807, 2.05) is 6.07 Å². The molecule has 2 atom stereocenters. The van der Waals surface area contributed by atoms with Crippen LogP contribution in [0.25, 0.3) is 0 Å². The molecular formula is C20H22F2N2O3. The van der Waals surface area contributed by atoms with Crippen LogP contribution in [-0.2, 0) is 4.79 Å². The quantitative estimate of drug-likeness (QED) is 0.814. The van der Waals surface area contributed by atoms with Gasteiger partial charge in [-0.15, -0.1) is 0 Å². The molecule has 1 saturated heterocycles. The van der Waals surface area contributed by atoms with Gasteiger partial charge in [0.1, 0.15) is 0 Å². The largest absolute Gasteiger partial charge is 0.493 e. The Hall–Kier alpha value is -2.67. The Bertz CT molecular complexity index is 801. The molecule has 2 aromatic rings. The van der Waals surface area contributed by atoms with Crippen molar-refractivity contribution in [3.05, 3.63) is 59.7 Å². The van der Waals surface area contributed by atoms with Crippen LogP contribution in [0, 0.1) is 11.6 Å². The minimum atomic E-state index is -0.879. The molecule has 0 aliphatic carbocycles. The van der Waals surface area contributed by atoms with Gasteiger partial charge in [-0.05, 0) is 42.8 Å². The van der Waals surface area contributed by atoms with Crippen LogP contribution in [0.1, 0.15) is 17.9 Å². The third kappa shape index (κ3) is 4.74. The number of amides is 1. The molecule has 3 rings (SSSR count). The molecule has 0 radical (unpaired) electrons. The van der Waals surface area contributed by atoms with E-state index in [1.165, 1.54) is 13.2 Å². The molecule has 0 spiro atoms. The Morgan fingerprint density at radius 1 is 1.19 bits per heavy atom. The first-order valence-corrected chi connectivity index (χ1v) is 8.79. The number of piperidine rings is 1. The number of para-hydroxylation sites is 2. The molecular weight excluding hydrogens is 354 g/mol. The lowest BCUT2D eigenvalue weighted by molar-refractivity contribution is -0.124. The predicted molar refractivity (Wildman–Crippen MR) is 97.0 cm³/mol. The van der Waals surface area contributed by atoms with Gasteiger partial charge in [0.05, 0.1) is 7.11 Å². The number of hydrogen-bond donors (Lipinski definition) is 2. The summed E-state index contributed by atoms with van der Waals surface area (Å²) in [6, 6.07) is 10.7. The minimum Gasteiger partial charge on any atom is -0.493 e. The highest BCUT2D eigenvalue weighted by Crippen LogP contribution is 2.28. The summed E-state index contributed by atoms with van der Waals surface area (Å²) in [6.45, 7) is 1.12. The van der Waals surface area contributed by atoms with Crippen molar-refractivity contribution in [1.82, 2.24) is 10.6 Å². The number of hydrogen-bond acceptors (Lipinski definition) is 4. The number of nitrogens with one attached hydrogen (secondary N) is 2. The second-order valence-electron chi connectivity index (χ2n) is 6.39. The SMILES string of the molecule is COc1ccccc1OCC(=O)NC1CNCCC1c1ccc(F)c(F)c1. The van der Waals surface area contributed by atoms with Gasteiger partial charge in [0.2, 0.25) is 0 Å². The van der Waals surface area contributed by atoms with Crippen LogP contribution in [-0.4, -0.2) is 38.8 Å². The number of methoxy groups -OCH3 is 1. The van der Waals surface area contributed by atoms with Crippen LogP contribution in [0.4, 0.5) is 8.78 Å². The lowest BCUT2D eigenvalue weighted by atomic mass is 9.86. The Labute approximate surface area is 156 Å². The van der Waals surface area contributed by atoms with Crippen molar-refractivity contribution >= 4 is 5.91 Å². The van der Waals surface area contributed by atoms with Crippen LogP contribution in [0.15, 0.2) is 42.5 Å². The maximum Gasteiger partial charge on any atom is 0.258 e. The molecule has 7 heteroatoms. The van der Waals surface area contributed by atoms with E-state index in [9.17, 15) is 13.6 Å². The molecule has 2 unspecified atom stereocenters. The predicted octanol–water partition coefficient (Wildman–Crippen LogP) is 2.61.